The van der Waals surface area contributed by atoms with Gasteiger partial charge in [-0.1, -0.05) is 0 Å². The molecule has 1 N–H and O–H groups in total. The van der Waals surface area contributed by atoms with Crippen LogP contribution in [-0.2, 0) is 14.3 Å². The number of carbonyl (C=O) groups excluding carboxylic acids is 1. The van der Waals surface area contributed by atoms with Gasteiger partial charge in [0.15, 0.2) is 0 Å². The molecule has 1 aliphatic carbocycles. The summed E-state index contributed by atoms with van der Waals surface area (Å²) >= 11 is 0. The standard InChI is InChI=1S/C14H25NO3/c1-17-12-6-3-10(4-7-12)9-11-5-8-13(15-11)14(16)18-2/h10-13,15H,3-9H2,1-2H3/t10?,11-,12?,13-/m1/s1. The topological polar surface area (TPSA) is 47.6 Å². The highest BCUT2D eigenvalue weighted by Crippen LogP contribution is 2.31. The first-order chi connectivity index (χ1) is 8.72. The summed E-state index contributed by atoms with van der Waals surface area (Å²) in [4.78, 5) is 11.4. The lowest BCUT2D eigenvalue weighted by Crippen LogP contribution is -2.37. The van der Waals surface area contributed by atoms with Gasteiger partial charge in [-0.15, -0.1) is 0 Å². The van der Waals surface area contributed by atoms with E-state index in [1.54, 1.807) is 0 Å². The molecule has 1 aliphatic heterocycles. The number of esters is 1. The van der Waals surface area contributed by atoms with E-state index in [-0.39, 0.29) is 12.0 Å². The predicted octanol–water partition coefficient (Wildman–Crippen LogP) is 1.88. The number of rotatable bonds is 4. The first-order valence-electron chi connectivity index (χ1n) is 7.09. The molecule has 0 unspecified atom stereocenters. The van der Waals surface area contributed by atoms with Gasteiger partial charge in [0.05, 0.1) is 13.2 Å². The van der Waals surface area contributed by atoms with Gasteiger partial charge in [0, 0.05) is 13.2 Å². The van der Waals surface area contributed by atoms with Crippen LogP contribution >= 0.6 is 0 Å². The van der Waals surface area contributed by atoms with Crippen LogP contribution < -0.4 is 5.32 Å². The molecule has 0 amide bonds. The zero-order chi connectivity index (χ0) is 13.0. The first kappa shape index (κ1) is 13.8. The van der Waals surface area contributed by atoms with Crippen LogP contribution in [0.5, 0.6) is 0 Å². The third-order valence-corrected chi connectivity index (χ3v) is 4.47. The van der Waals surface area contributed by atoms with Crippen molar-refractivity contribution in [3.8, 4) is 0 Å². The van der Waals surface area contributed by atoms with E-state index >= 15 is 0 Å². The number of hydrogen-bond acceptors (Lipinski definition) is 4. The van der Waals surface area contributed by atoms with Crippen LogP contribution in [0.2, 0.25) is 0 Å². The minimum atomic E-state index is -0.111. The summed E-state index contributed by atoms with van der Waals surface area (Å²) in [6.45, 7) is 0. The van der Waals surface area contributed by atoms with Crippen LogP contribution in [0.4, 0.5) is 0 Å². The second kappa shape index (κ2) is 6.53. The van der Waals surface area contributed by atoms with Gasteiger partial charge in [0.25, 0.3) is 0 Å². The fourth-order valence-electron chi connectivity index (χ4n) is 3.34. The van der Waals surface area contributed by atoms with Gasteiger partial charge in [0.1, 0.15) is 6.04 Å². The smallest absolute Gasteiger partial charge is 0.322 e. The Morgan fingerprint density at radius 3 is 2.44 bits per heavy atom. The molecule has 0 aromatic heterocycles. The summed E-state index contributed by atoms with van der Waals surface area (Å²) in [5, 5.41) is 3.41. The van der Waals surface area contributed by atoms with Crippen LogP contribution in [0, 0.1) is 5.92 Å². The Kier molecular flexibility index (Phi) is 5.01. The molecule has 2 atom stereocenters. The second-order valence-electron chi connectivity index (χ2n) is 5.63. The van der Waals surface area contributed by atoms with Gasteiger partial charge in [-0.25, -0.2) is 0 Å². The van der Waals surface area contributed by atoms with E-state index in [1.807, 2.05) is 7.11 Å². The number of hydrogen-bond donors (Lipinski definition) is 1. The Morgan fingerprint density at radius 1 is 1.11 bits per heavy atom. The molecule has 0 radical (unpaired) electrons. The average Bonchev–Trinajstić information content (AvgIpc) is 2.87. The maximum Gasteiger partial charge on any atom is 0.322 e. The van der Waals surface area contributed by atoms with Crippen LogP contribution in [0.15, 0.2) is 0 Å². The number of carbonyl (C=O) groups is 1. The third kappa shape index (κ3) is 3.45. The van der Waals surface area contributed by atoms with E-state index < -0.39 is 0 Å². The minimum Gasteiger partial charge on any atom is -0.468 e. The highest BCUT2D eigenvalue weighted by atomic mass is 16.5. The van der Waals surface area contributed by atoms with Gasteiger partial charge in [-0.05, 0) is 50.9 Å². The molecule has 2 rings (SSSR count). The molecule has 104 valence electrons. The summed E-state index contributed by atoms with van der Waals surface area (Å²) in [5.74, 6) is 0.686. The predicted molar refractivity (Wildman–Crippen MR) is 69.3 cm³/mol. The number of ether oxygens (including phenoxy) is 2. The Bertz CT molecular complexity index is 274. The van der Waals surface area contributed by atoms with Gasteiger partial charge < -0.3 is 14.8 Å². The van der Waals surface area contributed by atoms with E-state index in [0.717, 1.165) is 18.8 Å². The van der Waals surface area contributed by atoms with Crippen molar-refractivity contribution in [2.24, 2.45) is 5.92 Å². The van der Waals surface area contributed by atoms with Crippen LogP contribution in [0.3, 0.4) is 0 Å². The van der Waals surface area contributed by atoms with Crippen molar-refractivity contribution >= 4 is 5.97 Å². The molecular weight excluding hydrogens is 230 g/mol. The molecule has 0 bridgehead atoms. The quantitative estimate of drug-likeness (QED) is 0.779. The van der Waals surface area contributed by atoms with E-state index in [0.29, 0.717) is 12.1 Å². The fraction of sp³-hybridized carbons (Fsp3) is 0.929. The fourth-order valence-corrected chi connectivity index (χ4v) is 3.34. The largest absolute Gasteiger partial charge is 0.468 e. The Labute approximate surface area is 109 Å². The summed E-state index contributed by atoms with van der Waals surface area (Å²) in [7, 11) is 3.27. The molecule has 1 saturated heterocycles. The second-order valence-corrected chi connectivity index (χ2v) is 5.63. The molecule has 1 saturated carbocycles. The van der Waals surface area contributed by atoms with Crippen molar-refractivity contribution in [1.29, 1.82) is 0 Å². The lowest BCUT2D eigenvalue weighted by molar-refractivity contribution is -0.142. The highest BCUT2D eigenvalue weighted by Gasteiger charge is 2.32. The van der Waals surface area contributed by atoms with Crippen molar-refractivity contribution in [2.45, 2.75) is 63.1 Å². The molecule has 0 aromatic carbocycles. The average molecular weight is 255 g/mol. The molecular formula is C14H25NO3. The molecule has 2 fully saturated rings. The monoisotopic (exact) mass is 255 g/mol. The number of nitrogens with one attached hydrogen (secondary N) is 1. The SMILES string of the molecule is COC(=O)[C@H]1CC[C@H](CC2CCC(OC)CC2)N1. The summed E-state index contributed by atoms with van der Waals surface area (Å²) < 4.78 is 10.2. The van der Waals surface area contributed by atoms with E-state index in [1.165, 1.54) is 39.2 Å². The van der Waals surface area contributed by atoms with Gasteiger partial charge >= 0.3 is 5.97 Å². The van der Waals surface area contributed by atoms with Crippen molar-refractivity contribution in [1.82, 2.24) is 5.32 Å². The molecule has 2 aliphatic rings. The normalized spacial score (nSPS) is 36.6. The maximum absolute atomic E-state index is 11.4. The van der Waals surface area contributed by atoms with Gasteiger partial charge in [-0.2, -0.15) is 0 Å². The van der Waals surface area contributed by atoms with Crippen molar-refractivity contribution in [3.63, 3.8) is 0 Å². The zero-order valence-corrected chi connectivity index (χ0v) is 11.5. The van der Waals surface area contributed by atoms with Crippen LogP contribution in [0.1, 0.15) is 44.9 Å². The molecule has 0 aromatic rings. The number of methoxy groups -OCH3 is 2. The van der Waals surface area contributed by atoms with E-state index in [4.69, 9.17) is 9.47 Å². The first-order valence-corrected chi connectivity index (χ1v) is 7.09. The highest BCUT2D eigenvalue weighted by molar-refractivity contribution is 5.76. The zero-order valence-electron chi connectivity index (χ0n) is 11.5. The molecule has 4 nitrogen and oxygen atoms in total. The van der Waals surface area contributed by atoms with Crippen molar-refractivity contribution in [2.75, 3.05) is 14.2 Å². The summed E-state index contributed by atoms with van der Waals surface area (Å²) in [5.41, 5.74) is 0. The van der Waals surface area contributed by atoms with Gasteiger partial charge in [-0.3, -0.25) is 4.79 Å². The van der Waals surface area contributed by atoms with E-state index in [2.05, 4.69) is 5.32 Å². The van der Waals surface area contributed by atoms with E-state index in [9.17, 15) is 4.79 Å². The van der Waals surface area contributed by atoms with Gasteiger partial charge in [0.2, 0.25) is 0 Å². The molecule has 18 heavy (non-hydrogen) atoms. The minimum absolute atomic E-state index is 0.0738. The lowest BCUT2D eigenvalue weighted by atomic mass is 9.83. The molecule has 0 spiro atoms. The summed E-state index contributed by atoms with van der Waals surface area (Å²) in [6, 6.07) is 0.425. The Morgan fingerprint density at radius 2 is 1.83 bits per heavy atom. The molecule has 1 heterocycles. The summed E-state index contributed by atoms with van der Waals surface area (Å²) in [6.07, 6.45) is 8.60. The lowest BCUT2D eigenvalue weighted by Gasteiger charge is -2.29. The maximum atomic E-state index is 11.4. The van der Waals surface area contributed by atoms with Crippen LogP contribution in [0.25, 0.3) is 0 Å². The Hall–Kier alpha value is -0.610. The molecule has 4 heteroatoms. The van der Waals surface area contributed by atoms with Crippen LogP contribution in [-0.4, -0.2) is 38.4 Å². The van der Waals surface area contributed by atoms with Crippen molar-refractivity contribution < 1.29 is 14.3 Å². The van der Waals surface area contributed by atoms with Crippen molar-refractivity contribution in [3.05, 3.63) is 0 Å². The Balaban J connectivity index is 1.70. The third-order valence-electron chi connectivity index (χ3n) is 4.47.